The van der Waals surface area contributed by atoms with Gasteiger partial charge in [0.05, 0.1) is 0 Å². The number of anilines is 2. The molecule has 100 valence electrons. The van der Waals surface area contributed by atoms with Crippen LogP contribution < -0.4 is 10.6 Å². The highest BCUT2D eigenvalue weighted by molar-refractivity contribution is 5.39. The van der Waals surface area contributed by atoms with Crippen molar-refractivity contribution in [2.24, 2.45) is 0 Å². The Bertz CT molecular complexity index is 513. The van der Waals surface area contributed by atoms with Crippen molar-refractivity contribution in [3.8, 4) is 5.75 Å². The fourth-order valence-electron chi connectivity index (χ4n) is 1.70. The quantitative estimate of drug-likeness (QED) is 0.741. The maximum absolute atomic E-state index is 9.20. The zero-order chi connectivity index (χ0) is 13.5. The summed E-state index contributed by atoms with van der Waals surface area (Å²) in [4.78, 5) is 8.45. The number of phenolic OH excluding ortho intramolecular Hbond substituents is 1. The van der Waals surface area contributed by atoms with Crippen LogP contribution in [0.2, 0.25) is 0 Å². The van der Waals surface area contributed by atoms with Crippen LogP contribution in [-0.4, -0.2) is 28.2 Å². The molecule has 0 spiro atoms. The number of aromatic hydroxyl groups is 1. The first-order chi connectivity index (χ1) is 9.28. The van der Waals surface area contributed by atoms with Gasteiger partial charge in [-0.05, 0) is 37.1 Å². The van der Waals surface area contributed by atoms with Gasteiger partial charge in [0.15, 0.2) is 0 Å². The topological polar surface area (TPSA) is 70.1 Å². The average Bonchev–Trinajstić information content (AvgIpc) is 2.42. The number of nitrogens with zero attached hydrogens (tertiary/aromatic N) is 2. The summed E-state index contributed by atoms with van der Waals surface area (Å²) < 4.78 is 0. The molecule has 0 atom stereocenters. The van der Waals surface area contributed by atoms with Gasteiger partial charge in [-0.2, -0.15) is 4.98 Å². The minimum absolute atomic E-state index is 0.294. The van der Waals surface area contributed by atoms with E-state index in [1.165, 1.54) is 5.56 Å². The number of benzene rings is 1. The molecule has 0 aliphatic carbocycles. The second kappa shape index (κ2) is 6.58. The van der Waals surface area contributed by atoms with Crippen molar-refractivity contribution >= 4 is 11.8 Å². The van der Waals surface area contributed by atoms with E-state index in [0.717, 1.165) is 25.3 Å². The second-order valence-corrected chi connectivity index (χ2v) is 4.14. The Balaban J connectivity index is 1.85. The van der Waals surface area contributed by atoms with E-state index < -0.39 is 0 Å². The molecule has 0 radical (unpaired) electrons. The van der Waals surface area contributed by atoms with E-state index in [1.807, 2.05) is 25.1 Å². The lowest BCUT2D eigenvalue weighted by Gasteiger charge is -2.07. The highest BCUT2D eigenvalue weighted by Gasteiger charge is 1.98. The fourth-order valence-corrected chi connectivity index (χ4v) is 1.70. The maximum atomic E-state index is 9.20. The summed E-state index contributed by atoms with van der Waals surface area (Å²) in [5.74, 6) is 1.74. The summed E-state index contributed by atoms with van der Waals surface area (Å²) in [5, 5.41) is 15.5. The second-order valence-electron chi connectivity index (χ2n) is 4.14. The molecule has 0 aliphatic rings. The van der Waals surface area contributed by atoms with Gasteiger partial charge in [0.25, 0.3) is 0 Å². The smallest absolute Gasteiger partial charge is 0.224 e. The van der Waals surface area contributed by atoms with Crippen LogP contribution in [0.1, 0.15) is 12.5 Å². The Hall–Kier alpha value is -2.30. The van der Waals surface area contributed by atoms with E-state index >= 15 is 0 Å². The van der Waals surface area contributed by atoms with Gasteiger partial charge in [-0.25, -0.2) is 4.98 Å². The molecule has 0 saturated heterocycles. The van der Waals surface area contributed by atoms with E-state index in [0.29, 0.717) is 11.7 Å². The number of phenols is 1. The van der Waals surface area contributed by atoms with Crippen LogP contribution in [0, 0.1) is 0 Å². The predicted octanol–water partition coefficient (Wildman–Crippen LogP) is 2.27. The molecule has 0 aliphatic heterocycles. The molecule has 2 rings (SSSR count). The lowest BCUT2D eigenvalue weighted by atomic mass is 10.1. The summed E-state index contributed by atoms with van der Waals surface area (Å²) in [7, 11) is 0. The summed E-state index contributed by atoms with van der Waals surface area (Å²) in [6.07, 6.45) is 2.61. The minimum Gasteiger partial charge on any atom is -0.508 e. The van der Waals surface area contributed by atoms with Gasteiger partial charge in [0, 0.05) is 19.3 Å². The van der Waals surface area contributed by atoms with Crippen molar-refractivity contribution in [1.29, 1.82) is 0 Å². The monoisotopic (exact) mass is 258 g/mol. The van der Waals surface area contributed by atoms with Crippen molar-refractivity contribution in [3.05, 3.63) is 42.1 Å². The highest BCUT2D eigenvalue weighted by atomic mass is 16.3. The maximum Gasteiger partial charge on any atom is 0.224 e. The SMILES string of the molecule is CCNc1nccc(NCCc2ccc(O)cc2)n1. The summed E-state index contributed by atoms with van der Waals surface area (Å²) >= 11 is 0. The van der Waals surface area contributed by atoms with Crippen molar-refractivity contribution in [2.75, 3.05) is 23.7 Å². The van der Waals surface area contributed by atoms with Gasteiger partial charge >= 0.3 is 0 Å². The molecule has 1 heterocycles. The molecule has 3 N–H and O–H groups in total. The Kier molecular flexibility index (Phi) is 4.55. The Morgan fingerprint density at radius 1 is 1.11 bits per heavy atom. The van der Waals surface area contributed by atoms with E-state index in [9.17, 15) is 5.11 Å². The van der Waals surface area contributed by atoms with E-state index in [2.05, 4.69) is 20.6 Å². The van der Waals surface area contributed by atoms with Gasteiger partial charge in [-0.3, -0.25) is 0 Å². The number of rotatable bonds is 6. The van der Waals surface area contributed by atoms with Crippen LogP contribution in [0.15, 0.2) is 36.5 Å². The Labute approximate surface area is 112 Å². The van der Waals surface area contributed by atoms with Gasteiger partial charge in [-0.1, -0.05) is 12.1 Å². The number of hydrogen-bond acceptors (Lipinski definition) is 5. The first-order valence-corrected chi connectivity index (χ1v) is 6.36. The molecule has 5 nitrogen and oxygen atoms in total. The van der Waals surface area contributed by atoms with Gasteiger partial charge in [0.1, 0.15) is 11.6 Å². The Morgan fingerprint density at radius 2 is 1.89 bits per heavy atom. The molecular formula is C14H18N4O. The van der Waals surface area contributed by atoms with Crippen LogP contribution in [0.4, 0.5) is 11.8 Å². The van der Waals surface area contributed by atoms with Crippen molar-refractivity contribution < 1.29 is 5.11 Å². The average molecular weight is 258 g/mol. The van der Waals surface area contributed by atoms with E-state index in [-0.39, 0.29) is 0 Å². The molecular weight excluding hydrogens is 240 g/mol. The fraction of sp³-hybridized carbons (Fsp3) is 0.286. The molecule has 0 saturated carbocycles. The molecule has 5 heteroatoms. The number of hydrogen-bond donors (Lipinski definition) is 3. The summed E-state index contributed by atoms with van der Waals surface area (Å²) in [6, 6.07) is 9.08. The number of aromatic nitrogens is 2. The van der Waals surface area contributed by atoms with E-state index in [1.54, 1.807) is 18.3 Å². The standard InChI is InChI=1S/C14H18N4O/c1-2-15-14-17-10-8-13(18-14)16-9-7-11-3-5-12(19)6-4-11/h3-6,8,10,19H,2,7,9H2,1H3,(H2,15,16,17,18). The van der Waals surface area contributed by atoms with Gasteiger partial charge in [-0.15, -0.1) is 0 Å². The first-order valence-electron chi connectivity index (χ1n) is 6.36. The van der Waals surface area contributed by atoms with Crippen LogP contribution in [0.5, 0.6) is 5.75 Å². The normalized spacial score (nSPS) is 10.2. The molecule has 0 fully saturated rings. The summed E-state index contributed by atoms with van der Waals surface area (Å²) in [6.45, 7) is 3.60. The molecule has 0 unspecified atom stereocenters. The van der Waals surface area contributed by atoms with Crippen molar-refractivity contribution in [2.45, 2.75) is 13.3 Å². The number of nitrogens with one attached hydrogen (secondary N) is 2. The zero-order valence-corrected chi connectivity index (χ0v) is 10.9. The van der Waals surface area contributed by atoms with Gasteiger partial charge in [0.2, 0.25) is 5.95 Å². The predicted molar refractivity (Wildman–Crippen MR) is 76.5 cm³/mol. The highest BCUT2D eigenvalue weighted by Crippen LogP contribution is 2.10. The van der Waals surface area contributed by atoms with Crippen LogP contribution in [0.25, 0.3) is 0 Å². The third kappa shape index (κ3) is 4.13. The van der Waals surface area contributed by atoms with Crippen molar-refractivity contribution in [3.63, 3.8) is 0 Å². The van der Waals surface area contributed by atoms with Crippen LogP contribution >= 0.6 is 0 Å². The van der Waals surface area contributed by atoms with Gasteiger partial charge < -0.3 is 15.7 Å². The first kappa shape index (κ1) is 13.1. The Morgan fingerprint density at radius 3 is 2.63 bits per heavy atom. The van der Waals surface area contributed by atoms with Crippen molar-refractivity contribution in [1.82, 2.24) is 9.97 Å². The lowest BCUT2D eigenvalue weighted by Crippen LogP contribution is -2.08. The molecule has 1 aromatic heterocycles. The molecule has 0 amide bonds. The third-order valence-electron chi connectivity index (χ3n) is 2.65. The van der Waals surface area contributed by atoms with E-state index in [4.69, 9.17) is 0 Å². The molecule has 1 aromatic carbocycles. The largest absolute Gasteiger partial charge is 0.508 e. The third-order valence-corrected chi connectivity index (χ3v) is 2.65. The molecule has 0 bridgehead atoms. The van der Waals surface area contributed by atoms with Crippen LogP contribution in [0.3, 0.4) is 0 Å². The molecule has 2 aromatic rings. The summed E-state index contributed by atoms with van der Waals surface area (Å²) in [5.41, 5.74) is 1.17. The minimum atomic E-state index is 0.294. The van der Waals surface area contributed by atoms with Crippen LogP contribution in [-0.2, 0) is 6.42 Å². The molecule has 19 heavy (non-hydrogen) atoms. The zero-order valence-electron chi connectivity index (χ0n) is 10.9. The lowest BCUT2D eigenvalue weighted by molar-refractivity contribution is 0.475.